The second kappa shape index (κ2) is 6.37. The molecule has 8 heteroatoms. The van der Waals surface area contributed by atoms with Gasteiger partial charge in [-0.1, -0.05) is 11.6 Å². The van der Waals surface area contributed by atoms with Gasteiger partial charge in [0.05, 0.1) is 0 Å². The van der Waals surface area contributed by atoms with Gasteiger partial charge in [0.25, 0.3) is 0 Å². The molecule has 1 atom stereocenters. The van der Waals surface area contributed by atoms with E-state index in [0.29, 0.717) is 19.6 Å². The van der Waals surface area contributed by atoms with Crippen molar-refractivity contribution in [2.75, 3.05) is 19.6 Å². The van der Waals surface area contributed by atoms with E-state index in [9.17, 15) is 12.8 Å². The van der Waals surface area contributed by atoms with Gasteiger partial charge in [-0.2, -0.15) is 4.31 Å². The van der Waals surface area contributed by atoms with Crippen molar-refractivity contribution in [1.82, 2.24) is 9.62 Å². The minimum Gasteiger partial charge on any atom is -0.314 e. The Bertz CT molecular complexity index is 554. The number of rotatable bonds is 2. The van der Waals surface area contributed by atoms with Gasteiger partial charge < -0.3 is 5.32 Å². The fraction of sp³-hybridized carbons (Fsp3) is 0.455. The number of sulfonamides is 1. The zero-order valence-electron chi connectivity index (χ0n) is 10.3. The number of halogens is 3. The summed E-state index contributed by atoms with van der Waals surface area (Å²) in [7, 11) is -3.83. The third-order valence-electron chi connectivity index (χ3n) is 2.92. The third-order valence-corrected chi connectivity index (χ3v) is 5.18. The van der Waals surface area contributed by atoms with Crippen LogP contribution in [-0.4, -0.2) is 38.4 Å². The number of hydrogen-bond donors (Lipinski definition) is 1. The Morgan fingerprint density at radius 2 is 2.16 bits per heavy atom. The molecule has 1 heterocycles. The lowest BCUT2D eigenvalue weighted by Crippen LogP contribution is -2.52. The molecule has 1 aliphatic heterocycles. The Balaban J connectivity index is 0.00000180. The molecule has 1 aromatic rings. The summed E-state index contributed by atoms with van der Waals surface area (Å²) in [6.45, 7) is 3.23. The van der Waals surface area contributed by atoms with Crippen LogP contribution in [0.2, 0.25) is 5.02 Å². The molecule has 2 rings (SSSR count). The Kier molecular flexibility index (Phi) is 5.58. The number of nitrogens with zero attached hydrogens (tertiary/aromatic N) is 1. The molecular formula is C11H15Cl2FN2O2S. The maximum Gasteiger partial charge on any atom is 0.246 e. The van der Waals surface area contributed by atoms with Crippen LogP contribution in [0.15, 0.2) is 23.1 Å². The van der Waals surface area contributed by atoms with Gasteiger partial charge in [0.15, 0.2) is 0 Å². The molecule has 1 aliphatic rings. The number of nitrogens with one attached hydrogen (secondary N) is 1. The summed E-state index contributed by atoms with van der Waals surface area (Å²) in [6.07, 6.45) is 0. The van der Waals surface area contributed by atoms with Crippen molar-refractivity contribution in [2.45, 2.75) is 17.9 Å². The molecule has 108 valence electrons. The van der Waals surface area contributed by atoms with Crippen molar-refractivity contribution >= 4 is 34.0 Å². The van der Waals surface area contributed by atoms with Crippen LogP contribution >= 0.6 is 24.0 Å². The van der Waals surface area contributed by atoms with Crippen molar-refractivity contribution in [1.29, 1.82) is 0 Å². The highest BCUT2D eigenvalue weighted by Crippen LogP contribution is 2.24. The van der Waals surface area contributed by atoms with Crippen LogP contribution in [0.25, 0.3) is 0 Å². The van der Waals surface area contributed by atoms with Gasteiger partial charge in [-0.3, -0.25) is 0 Å². The molecule has 19 heavy (non-hydrogen) atoms. The van der Waals surface area contributed by atoms with Gasteiger partial charge in [-0.25, -0.2) is 12.8 Å². The lowest BCUT2D eigenvalue weighted by Gasteiger charge is -2.32. The molecule has 0 bridgehead atoms. The summed E-state index contributed by atoms with van der Waals surface area (Å²) < 4.78 is 39.7. The SMILES string of the molecule is CC1CNCCN1S(=O)(=O)c1cc(Cl)ccc1F.Cl. The Morgan fingerprint density at radius 3 is 2.79 bits per heavy atom. The average molecular weight is 329 g/mol. The first-order valence-electron chi connectivity index (χ1n) is 5.60. The van der Waals surface area contributed by atoms with Gasteiger partial charge in [-0.05, 0) is 25.1 Å². The second-order valence-corrected chi connectivity index (χ2v) is 6.54. The molecule has 0 saturated carbocycles. The minimum atomic E-state index is -3.83. The molecule has 0 amide bonds. The van der Waals surface area contributed by atoms with Crippen LogP contribution in [0.3, 0.4) is 0 Å². The fourth-order valence-electron chi connectivity index (χ4n) is 1.98. The molecule has 1 unspecified atom stereocenters. The van der Waals surface area contributed by atoms with E-state index in [1.54, 1.807) is 6.92 Å². The molecule has 0 spiro atoms. The molecule has 4 nitrogen and oxygen atoms in total. The lowest BCUT2D eigenvalue weighted by molar-refractivity contribution is 0.283. The molecule has 0 aliphatic carbocycles. The Labute approximate surface area is 123 Å². The van der Waals surface area contributed by atoms with Gasteiger partial charge in [0.1, 0.15) is 10.7 Å². The van der Waals surface area contributed by atoms with Gasteiger partial charge in [-0.15, -0.1) is 12.4 Å². The first-order chi connectivity index (χ1) is 8.43. The molecular weight excluding hydrogens is 314 g/mol. The highest BCUT2D eigenvalue weighted by molar-refractivity contribution is 7.89. The first kappa shape index (κ1) is 16.7. The topological polar surface area (TPSA) is 49.4 Å². The minimum absolute atomic E-state index is 0. The quantitative estimate of drug-likeness (QED) is 0.901. The Morgan fingerprint density at radius 1 is 1.47 bits per heavy atom. The van der Waals surface area contributed by atoms with Crippen molar-refractivity contribution in [3.8, 4) is 0 Å². The summed E-state index contributed by atoms with van der Waals surface area (Å²) in [6, 6.07) is 3.35. The van der Waals surface area contributed by atoms with E-state index in [2.05, 4.69) is 5.32 Å². The first-order valence-corrected chi connectivity index (χ1v) is 7.42. The molecule has 1 aromatic carbocycles. The van der Waals surface area contributed by atoms with Crippen LogP contribution in [0.5, 0.6) is 0 Å². The van der Waals surface area contributed by atoms with Crippen molar-refractivity contribution in [2.24, 2.45) is 0 Å². The summed E-state index contributed by atoms with van der Waals surface area (Å²) in [5.41, 5.74) is 0. The normalized spacial score (nSPS) is 20.9. The summed E-state index contributed by atoms with van der Waals surface area (Å²) in [4.78, 5) is -0.358. The fourth-order valence-corrected chi connectivity index (χ4v) is 3.94. The molecule has 0 aromatic heterocycles. The summed E-state index contributed by atoms with van der Waals surface area (Å²) >= 11 is 5.74. The molecule has 1 saturated heterocycles. The Hall–Kier alpha value is -0.400. The maximum atomic E-state index is 13.7. The van der Waals surface area contributed by atoms with Crippen molar-refractivity contribution < 1.29 is 12.8 Å². The molecule has 1 N–H and O–H groups in total. The van der Waals surface area contributed by atoms with Crippen LogP contribution in [-0.2, 0) is 10.0 Å². The van der Waals surface area contributed by atoms with E-state index >= 15 is 0 Å². The van der Waals surface area contributed by atoms with E-state index in [1.165, 1.54) is 10.4 Å². The zero-order valence-corrected chi connectivity index (χ0v) is 12.7. The predicted molar refractivity (Wildman–Crippen MR) is 74.9 cm³/mol. The van der Waals surface area contributed by atoms with Crippen molar-refractivity contribution in [3.63, 3.8) is 0 Å². The summed E-state index contributed by atoms with van der Waals surface area (Å²) in [5.74, 6) is -0.773. The standard InChI is InChI=1S/C11H14ClFN2O2S.ClH/c1-8-7-14-4-5-15(8)18(16,17)11-6-9(12)2-3-10(11)13;/h2-3,6,8,14H,4-5,7H2,1H3;1H. The predicted octanol–water partition coefficient (Wildman–Crippen LogP) is 1.88. The lowest BCUT2D eigenvalue weighted by atomic mass is 10.3. The molecule has 1 fully saturated rings. The highest BCUT2D eigenvalue weighted by atomic mass is 35.5. The number of benzene rings is 1. The number of hydrogen-bond acceptors (Lipinski definition) is 3. The van der Waals surface area contributed by atoms with Gasteiger partial charge >= 0.3 is 0 Å². The van der Waals surface area contributed by atoms with E-state index < -0.39 is 15.8 Å². The maximum absolute atomic E-state index is 13.7. The zero-order chi connectivity index (χ0) is 13.3. The van der Waals surface area contributed by atoms with Gasteiger partial charge in [0, 0.05) is 30.7 Å². The van der Waals surface area contributed by atoms with Crippen LogP contribution in [0.4, 0.5) is 4.39 Å². The third kappa shape index (κ3) is 3.38. The van der Waals surface area contributed by atoms with E-state index in [4.69, 9.17) is 11.6 Å². The second-order valence-electron chi connectivity index (χ2n) is 4.24. The average Bonchev–Trinajstić information content (AvgIpc) is 2.32. The van der Waals surface area contributed by atoms with Gasteiger partial charge in [0.2, 0.25) is 10.0 Å². The highest BCUT2D eigenvalue weighted by Gasteiger charge is 2.32. The molecule has 0 radical (unpaired) electrons. The smallest absolute Gasteiger partial charge is 0.246 e. The van der Waals surface area contributed by atoms with E-state index in [0.717, 1.165) is 12.1 Å². The largest absolute Gasteiger partial charge is 0.314 e. The van der Waals surface area contributed by atoms with Crippen LogP contribution in [0, 0.1) is 5.82 Å². The van der Waals surface area contributed by atoms with Crippen LogP contribution in [0.1, 0.15) is 6.92 Å². The number of piperazine rings is 1. The van der Waals surface area contributed by atoms with E-state index in [-0.39, 0.29) is 28.4 Å². The summed E-state index contributed by atoms with van der Waals surface area (Å²) in [5, 5.41) is 3.29. The monoisotopic (exact) mass is 328 g/mol. The van der Waals surface area contributed by atoms with Crippen LogP contribution < -0.4 is 5.32 Å². The van der Waals surface area contributed by atoms with E-state index in [1.807, 2.05) is 0 Å². The van der Waals surface area contributed by atoms with Crippen molar-refractivity contribution in [3.05, 3.63) is 29.0 Å².